The van der Waals surface area contributed by atoms with Crippen molar-refractivity contribution < 1.29 is 0 Å². The van der Waals surface area contributed by atoms with Crippen molar-refractivity contribution in [2.24, 2.45) is 35.5 Å². The van der Waals surface area contributed by atoms with Crippen LogP contribution in [0.15, 0.2) is 12.2 Å². The van der Waals surface area contributed by atoms with Crippen LogP contribution in [0.4, 0.5) is 0 Å². The van der Waals surface area contributed by atoms with E-state index >= 15 is 0 Å². The lowest BCUT2D eigenvalue weighted by Crippen LogP contribution is -2.31. The summed E-state index contributed by atoms with van der Waals surface area (Å²) in [5.74, 6) is 5.55. The Morgan fingerprint density at radius 1 is 1.05 bits per heavy atom. The summed E-state index contributed by atoms with van der Waals surface area (Å²) in [5, 5.41) is 0. The van der Waals surface area contributed by atoms with Crippen LogP contribution in [0.25, 0.3) is 0 Å². The zero-order chi connectivity index (χ0) is 14.7. The smallest absolute Gasteiger partial charge is 0.0178 e. The summed E-state index contributed by atoms with van der Waals surface area (Å²) in [5.41, 5.74) is 1.45. The maximum absolute atomic E-state index is 4.29. The van der Waals surface area contributed by atoms with Crippen LogP contribution >= 0.6 is 0 Å². The lowest BCUT2D eigenvalue weighted by molar-refractivity contribution is 0.123. The van der Waals surface area contributed by atoms with Crippen LogP contribution in [0.3, 0.4) is 0 Å². The van der Waals surface area contributed by atoms with E-state index in [1.54, 1.807) is 0 Å². The molecule has 2 aliphatic carbocycles. The Morgan fingerprint density at radius 3 is 2.30 bits per heavy atom. The van der Waals surface area contributed by atoms with Gasteiger partial charge in [-0.05, 0) is 68.1 Å². The SMILES string of the molecule is C=C(C)C1CCCC(C)C1CC(C)C1CCC(C)CC1. The van der Waals surface area contributed by atoms with Gasteiger partial charge in [0, 0.05) is 0 Å². The monoisotopic (exact) mass is 276 g/mol. The second kappa shape index (κ2) is 7.14. The first kappa shape index (κ1) is 16.1. The minimum absolute atomic E-state index is 0.809. The molecule has 0 heterocycles. The average Bonchev–Trinajstić information content (AvgIpc) is 2.41. The molecule has 0 saturated heterocycles. The highest BCUT2D eigenvalue weighted by Gasteiger charge is 2.34. The van der Waals surface area contributed by atoms with Crippen molar-refractivity contribution in [3.8, 4) is 0 Å². The molecule has 4 unspecified atom stereocenters. The molecule has 116 valence electrons. The van der Waals surface area contributed by atoms with Crippen LogP contribution in [-0.2, 0) is 0 Å². The van der Waals surface area contributed by atoms with Gasteiger partial charge in [0.05, 0.1) is 0 Å². The normalized spacial score (nSPS) is 40.3. The summed E-state index contributed by atoms with van der Waals surface area (Å²) in [4.78, 5) is 0. The van der Waals surface area contributed by atoms with Gasteiger partial charge in [-0.15, -0.1) is 0 Å². The summed E-state index contributed by atoms with van der Waals surface area (Å²) in [7, 11) is 0. The Balaban J connectivity index is 1.93. The Labute approximate surface area is 127 Å². The van der Waals surface area contributed by atoms with Crippen molar-refractivity contribution in [3.63, 3.8) is 0 Å². The molecule has 0 bridgehead atoms. The quantitative estimate of drug-likeness (QED) is 0.516. The fraction of sp³-hybridized carbons (Fsp3) is 0.900. The fourth-order valence-corrected chi connectivity index (χ4v) is 4.97. The topological polar surface area (TPSA) is 0 Å². The zero-order valence-corrected chi connectivity index (χ0v) is 14.3. The van der Waals surface area contributed by atoms with E-state index in [-0.39, 0.29) is 0 Å². The van der Waals surface area contributed by atoms with Crippen LogP contribution in [0.5, 0.6) is 0 Å². The third-order valence-corrected chi connectivity index (χ3v) is 6.56. The van der Waals surface area contributed by atoms with E-state index in [4.69, 9.17) is 0 Å². The third kappa shape index (κ3) is 3.89. The van der Waals surface area contributed by atoms with Gasteiger partial charge >= 0.3 is 0 Å². The van der Waals surface area contributed by atoms with Gasteiger partial charge in [0.1, 0.15) is 0 Å². The largest absolute Gasteiger partial charge is 0.0999 e. The second-order valence-electron chi connectivity index (χ2n) is 8.26. The molecule has 2 aliphatic rings. The van der Waals surface area contributed by atoms with Gasteiger partial charge < -0.3 is 0 Å². The average molecular weight is 277 g/mol. The van der Waals surface area contributed by atoms with Crippen LogP contribution in [0.1, 0.15) is 79.1 Å². The van der Waals surface area contributed by atoms with Gasteiger partial charge in [0.15, 0.2) is 0 Å². The maximum Gasteiger partial charge on any atom is -0.0178 e. The molecule has 0 aromatic rings. The third-order valence-electron chi connectivity index (χ3n) is 6.56. The lowest BCUT2D eigenvalue weighted by atomic mass is 9.65. The van der Waals surface area contributed by atoms with E-state index < -0.39 is 0 Å². The molecule has 4 atom stereocenters. The van der Waals surface area contributed by atoms with Crippen LogP contribution < -0.4 is 0 Å². The van der Waals surface area contributed by atoms with Gasteiger partial charge in [0.2, 0.25) is 0 Å². The van der Waals surface area contributed by atoms with E-state index in [1.807, 2.05) is 0 Å². The molecule has 0 heteroatoms. The Morgan fingerprint density at radius 2 is 1.70 bits per heavy atom. The lowest BCUT2D eigenvalue weighted by Gasteiger charge is -2.41. The molecule has 0 aromatic heterocycles. The predicted molar refractivity (Wildman–Crippen MR) is 89.7 cm³/mol. The first-order valence-corrected chi connectivity index (χ1v) is 9.14. The maximum atomic E-state index is 4.29. The molecule has 0 aliphatic heterocycles. The minimum Gasteiger partial charge on any atom is -0.0999 e. The van der Waals surface area contributed by atoms with Crippen molar-refractivity contribution in [1.29, 1.82) is 0 Å². The van der Waals surface area contributed by atoms with Crippen LogP contribution in [0, 0.1) is 35.5 Å². The number of rotatable bonds is 4. The molecule has 2 fully saturated rings. The molecule has 2 saturated carbocycles. The molecule has 0 amide bonds. The Kier molecular flexibility index (Phi) is 5.75. The van der Waals surface area contributed by atoms with E-state index in [1.165, 1.54) is 56.9 Å². The summed E-state index contributed by atoms with van der Waals surface area (Å²) in [6.07, 6.45) is 11.6. The first-order valence-electron chi connectivity index (χ1n) is 9.14. The van der Waals surface area contributed by atoms with Crippen molar-refractivity contribution in [3.05, 3.63) is 12.2 Å². The Bertz CT molecular complexity index is 308. The van der Waals surface area contributed by atoms with Crippen LogP contribution in [-0.4, -0.2) is 0 Å². The number of hydrogen-bond donors (Lipinski definition) is 0. The molecule has 0 N–H and O–H groups in total. The van der Waals surface area contributed by atoms with Gasteiger partial charge in [0.25, 0.3) is 0 Å². The van der Waals surface area contributed by atoms with E-state index in [2.05, 4.69) is 34.3 Å². The van der Waals surface area contributed by atoms with E-state index in [0.29, 0.717) is 0 Å². The molecule has 0 nitrogen and oxygen atoms in total. The zero-order valence-electron chi connectivity index (χ0n) is 14.3. The minimum atomic E-state index is 0.809. The molecule has 2 rings (SSSR count). The molecular formula is C20H36. The highest BCUT2D eigenvalue weighted by Crippen LogP contribution is 2.44. The standard InChI is InChI=1S/C20H36/c1-14(2)19-8-6-7-16(4)20(19)13-17(5)18-11-9-15(3)10-12-18/h15-20H,1,6-13H2,2-5H3. The predicted octanol–water partition coefficient (Wildman–Crippen LogP) is 6.47. The molecule has 0 radical (unpaired) electrons. The fourth-order valence-electron chi connectivity index (χ4n) is 4.97. The van der Waals surface area contributed by atoms with Crippen molar-refractivity contribution in [2.45, 2.75) is 79.1 Å². The van der Waals surface area contributed by atoms with E-state index in [0.717, 1.165) is 35.5 Å². The number of allylic oxidation sites excluding steroid dienone is 1. The molecule has 0 spiro atoms. The number of hydrogen-bond acceptors (Lipinski definition) is 0. The summed E-state index contributed by atoms with van der Waals surface area (Å²) in [6, 6.07) is 0. The van der Waals surface area contributed by atoms with Gasteiger partial charge in [-0.3, -0.25) is 0 Å². The second-order valence-corrected chi connectivity index (χ2v) is 8.26. The summed E-state index contributed by atoms with van der Waals surface area (Å²) in [6.45, 7) is 14.0. The van der Waals surface area contributed by atoms with Crippen molar-refractivity contribution >= 4 is 0 Å². The molecule has 0 aromatic carbocycles. The first-order chi connectivity index (χ1) is 9.49. The highest BCUT2D eigenvalue weighted by molar-refractivity contribution is 5.02. The van der Waals surface area contributed by atoms with Gasteiger partial charge in [-0.2, -0.15) is 0 Å². The Hall–Kier alpha value is -0.260. The van der Waals surface area contributed by atoms with E-state index in [9.17, 15) is 0 Å². The van der Waals surface area contributed by atoms with Gasteiger partial charge in [-0.25, -0.2) is 0 Å². The van der Waals surface area contributed by atoms with Crippen LogP contribution in [0.2, 0.25) is 0 Å². The molecular weight excluding hydrogens is 240 g/mol. The van der Waals surface area contributed by atoms with Crippen molar-refractivity contribution in [1.82, 2.24) is 0 Å². The van der Waals surface area contributed by atoms with Gasteiger partial charge in [-0.1, -0.05) is 58.6 Å². The summed E-state index contributed by atoms with van der Waals surface area (Å²) < 4.78 is 0. The highest BCUT2D eigenvalue weighted by atomic mass is 14.4. The molecule has 20 heavy (non-hydrogen) atoms. The summed E-state index contributed by atoms with van der Waals surface area (Å²) >= 11 is 0. The van der Waals surface area contributed by atoms with Crippen molar-refractivity contribution in [2.75, 3.05) is 0 Å².